The average molecular weight is 350 g/mol. The van der Waals surface area contributed by atoms with Crippen LogP contribution in [0.4, 0.5) is 15.9 Å². The van der Waals surface area contributed by atoms with Crippen molar-refractivity contribution in [2.24, 2.45) is 0 Å². The summed E-state index contributed by atoms with van der Waals surface area (Å²) in [6.45, 7) is 0. The summed E-state index contributed by atoms with van der Waals surface area (Å²) in [4.78, 5) is 20.1. The lowest BCUT2D eigenvalue weighted by molar-refractivity contribution is 0.0935. The van der Waals surface area contributed by atoms with Crippen molar-refractivity contribution in [1.82, 2.24) is 15.3 Å². The van der Waals surface area contributed by atoms with E-state index in [2.05, 4.69) is 20.6 Å². The topological polar surface area (TPSA) is 101 Å². The highest BCUT2D eigenvalue weighted by atomic mass is 32.2. The number of amides is 1. The van der Waals surface area contributed by atoms with Crippen LogP contribution < -0.4 is 10.6 Å². The van der Waals surface area contributed by atoms with Crippen LogP contribution in [0, 0.1) is 5.82 Å². The van der Waals surface area contributed by atoms with Crippen molar-refractivity contribution >= 4 is 27.2 Å². The summed E-state index contributed by atoms with van der Waals surface area (Å²) >= 11 is 0. The summed E-state index contributed by atoms with van der Waals surface area (Å²) in [6.07, 6.45) is 3.08. The van der Waals surface area contributed by atoms with E-state index >= 15 is 0 Å². The molecular formula is C15H15FN4O3S. The predicted octanol–water partition coefficient (Wildman–Crippen LogP) is 1.28. The van der Waals surface area contributed by atoms with Crippen molar-refractivity contribution in [2.75, 3.05) is 16.8 Å². The molecule has 0 aliphatic carbocycles. The van der Waals surface area contributed by atoms with Crippen LogP contribution in [0.2, 0.25) is 0 Å². The highest BCUT2D eigenvalue weighted by molar-refractivity contribution is 7.91. The van der Waals surface area contributed by atoms with Gasteiger partial charge in [-0.25, -0.2) is 22.8 Å². The highest BCUT2D eigenvalue weighted by Crippen LogP contribution is 2.15. The number of sulfone groups is 1. The average Bonchev–Trinajstić information content (AvgIpc) is 2.89. The molecular weight excluding hydrogens is 335 g/mol. The number of halogens is 1. The SMILES string of the molecule is O=C(NC1CCS(=O)(=O)C1)c1cnc(Nc2ccc(F)cc2)cn1. The van der Waals surface area contributed by atoms with Crippen molar-refractivity contribution in [3.8, 4) is 0 Å². The van der Waals surface area contributed by atoms with Gasteiger partial charge in [0.2, 0.25) is 0 Å². The molecule has 9 heteroatoms. The molecule has 1 atom stereocenters. The molecule has 2 N–H and O–H groups in total. The van der Waals surface area contributed by atoms with Crippen LogP contribution >= 0.6 is 0 Å². The number of carbonyl (C=O) groups is 1. The molecule has 7 nitrogen and oxygen atoms in total. The summed E-state index contributed by atoms with van der Waals surface area (Å²) < 4.78 is 35.6. The normalized spacial score (nSPS) is 19.0. The third-order valence-electron chi connectivity index (χ3n) is 3.57. The van der Waals surface area contributed by atoms with Crippen molar-refractivity contribution in [1.29, 1.82) is 0 Å². The summed E-state index contributed by atoms with van der Waals surface area (Å²) in [5, 5.41) is 5.57. The Balaban J connectivity index is 1.61. The number of hydrogen-bond donors (Lipinski definition) is 2. The molecule has 1 aliphatic rings. The van der Waals surface area contributed by atoms with Crippen LogP contribution in [0.25, 0.3) is 0 Å². The maximum Gasteiger partial charge on any atom is 0.271 e. The standard InChI is InChI=1S/C15H15FN4O3S/c16-10-1-3-11(4-2-10)19-14-8-17-13(7-18-14)15(21)20-12-5-6-24(22,23)9-12/h1-4,7-8,12H,5-6,9H2,(H,18,19)(H,20,21). The lowest BCUT2D eigenvalue weighted by Crippen LogP contribution is -2.36. The molecule has 0 spiro atoms. The quantitative estimate of drug-likeness (QED) is 0.861. The van der Waals surface area contributed by atoms with Crippen molar-refractivity contribution in [3.05, 3.63) is 48.2 Å². The van der Waals surface area contributed by atoms with E-state index in [1.54, 1.807) is 12.1 Å². The van der Waals surface area contributed by atoms with Crippen molar-refractivity contribution < 1.29 is 17.6 Å². The van der Waals surface area contributed by atoms with Crippen LogP contribution in [-0.4, -0.2) is 41.8 Å². The van der Waals surface area contributed by atoms with E-state index in [-0.39, 0.29) is 29.1 Å². The summed E-state index contributed by atoms with van der Waals surface area (Å²) in [5.74, 6) is -0.354. The van der Waals surface area contributed by atoms with Gasteiger partial charge in [-0.2, -0.15) is 0 Å². The van der Waals surface area contributed by atoms with Gasteiger partial charge in [-0.15, -0.1) is 0 Å². The molecule has 1 amide bonds. The van der Waals surface area contributed by atoms with E-state index in [0.29, 0.717) is 17.9 Å². The zero-order valence-corrected chi connectivity index (χ0v) is 13.4. The molecule has 1 saturated heterocycles. The first kappa shape index (κ1) is 16.3. The Hall–Kier alpha value is -2.55. The van der Waals surface area contributed by atoms with Gasteiger partial charge in [0.25, 0.3) is 5.91 Å². The third kappa shape index (κ3) is 4.05. The fourth-order valence-corrected chi connectivity index (χ4v) is 4.03. The van der Waals surface area contributed by atoms with Gasteiger partial charge in [0.1, 0.15) is 17.3 Å². The van der Waals surface area contributed by atoms with Gasteiger partial charge in [0.05, 0.1) is 23.9 Å². The molecule has 0 saturated carbocycles. The van der Waals surface area contributed by atoms with Crippen LogP contribution in [-0.2, 0) is 9.84 Å². The number of nitrogens with one attached hydrogen (secondary N) is 2. The van der Waals surface area contributed by atoms with Gasteiger partial charge in [-0.05, 0) is 30.7 Å². The molecule has 3 rings (SSSR count). The Bertz CT molecular complexity index is 838. The molecule has 1 fully saturated rings. The number of hydrogen-bond acceptors (Lipinski definition) is 6. The van der Waals surface area contributed by atoms with Crippen LogP contribution in [0.3, 0.4) is 0 Å². The minimum absolute atomic E-state index is 0.0453. The number of rotatable bonds is 4. The number of carbonyl (C=O) groups excluding carboxylic acids is 1. The zero-order chi connectivity index (χ0) is 17.2. The Morgan fingerprint density at radius 2 is 1.92 bits per heavy atom. The lowest BCUT2D eigenvalue weighted by Gasteiger charge is -2.10. The van der Waals surface area contributed by atoms with E-state index in [4.69, 9.17) is 0 Å². The third-order valence-corrected chi connectivity index (χ3v) is 5.34. The molecule has 1 unspecified atom stereocenters. The molecule has 0 bridgehead atoms. The second-order valence-electron chi connectivity index (χ2n) is 5.49. The Kier molecular flexibility index (Phi) is 4.43. The lowest BCUT2D eigenvalue weighted by atomic mass is 10.2. The van der Waals surface area contributed by atoms with Gasteiger partial charge in [0, 0.05) is 11.7 Å². The van der Waals surface area contributed by atoms with Crippen LogP contribution in [0.15, 0.2) is 36.7 Å². The Morgan fingerprint density at radius 3 is 2.50 bits per heavy atom. The first-order valence-electron chi connectivity index (χ1n) is 7.27. The number of nitrogens with zero attached hydrogens (tertiary/aromatic N) is 2. The first-order valence-corrected chi connectivity index (χ1v) is 9.09. The van der Waals surface area contributed by atoms with E-state index in [1.165, 1.54) is 24.5 Å². The fraction of sp³-hybridized carbons (Fsp3) is 0.267. The maximum atomic E-state index is 12.8. The summed E-state index contributed by atoms with van der Waals surface area (Å²) in [7, 11) is -3.06. The van der Waals surface area contributed by atoms with E-state index < -0.39 is 15.7 Å². The van der Waals surface area contributed by atoms with Crippen molar-refractivity contribution in [3.63, 3.8) is 0 Å². The fourth-order valence-electron chi connectivity index (χ4n) is 2.36. The molecule has 2 aromatic rings. The molecule has 1 aromatic heterocycles. The molecule has 126 valence electrons. The summed E-state index contributed by atoms with van der Waals surface area (Å²) in [5.41, 5.74) is 0.739. The summed E-state index contributed by atoms with van der Waals surface area (Å²) in [6, 6.07) is 5.35. The zero-order valence-electron chi connectivity index (χ0n) is 12.6. The first-order chi connectivity index (χ1) is 11.4. The number of anilines is 2. The Morgan fingerprint density at radius 1 is 1.17 bits per heavy atom. The minimum atomic E-state index is -3.06. The molecule has 2 heterocycles. The second-order valence-corrected chi connectivity index (χ2v) is 7.72. The monoisotopic (exact) mass is 350 g/mol. The van der Waals surface area contributed by atoms with E-state index in [0.717, 1.165) is 0 Å². The van der Waals surface area contributed by atoms with E-state index in [9.17, 15) is 17.6 Å². The van der Waals surface area contributed by atoms with Crippen molar-refractivity contribution in [2.45, 2.75) is 12.5 Å². The highest BCUT2D eigenvalue weighted by Gasteiger charge is 2.29. The molecule has 1 aromatic carbocycles. The maximum absolute atomic E-state index is 12.8. The van der Waals surface area contributed by atoms with E-state index in [1.807, 2.05) is 0 Å². The minimum Gasteiger partial charge on any atom is -0.347 e. The molecule has 0 radical (unpaired) electrons. The molecule has 24 heavy (non-hydrogen) atoms. The van der Waals surface area contributed by atoms with Gasteiger partial charge in [0.15, 0.2) is 9.84 Å². The van der Waals surface area contributed by atoms with Crippen LogP contribution in [0.1, 0.15) is 16.9 Å². The predicted molar refractivity (Wildman–Crippen MR) is 86.2 cm³/mol. The Labute approximate surface area is 138 Å². The largest absolute Gasteiger partial charge is 0.347 e. The smallest absolute Gasteiger partial charge is 0.271 e. The second kappa shape index (κ2) is 6.52. The van der Waals surface area contributed by atoms with Gasteiger partial charge < -0.3 is 10.6 Å². The van der Waals surface area contributed by atoms with Gasteiger partial charge >= 0.3 is 0 Å². The van der Waals surface area contributed by atoms with Gasteiger partial charge in [-0.3, -0.25) is 4.79 Å². The number of benzene rings is 1. The van der Waals surface area contributed by atoms with Crippen LogP contribution in [0.5, 0.6) is 0 Å². The van der Waals surface area contributed by atoms with Gasteiger partial charge in [-0.1, -0.05) is 0 Å². The number of aromatic nitrogens is 2. The molecule has 1 aliphatic heterocycles.